The zero-order valence-electron chi connectivity index (χ0n) is 16.2. The predicted molar refractivity (Wildman–Crippen MR) is 92.0 cm³/mol. The molecule has 0 spiro atoms. The van der Waals surface area contributed by atoms with Gasteiger partial charge >= 0.3 is 12.1 Å². The van der Waals surface area contributed by atoms with Crippen LogP contribution in [0.5, 0.6) is 0 Å². The fourth-order valence-electron chi connectivity index (χ4n) is 3.95. The summed E-state index contributed by atoms with van der Waals surface area (Å²) < 4.78 is 24.5. The number of fused-ring (bicyclic) bond motifs is 1. The molecule has 148 valence electrons. The Bertz CT molecular complexity index is 591. The number of halogens is 1. The highest BCUT2D eigenvalue weighted by molar-refractivity contribution is 5.93. The number of hydrogen-bond acceptors (Lipinski definition) is 5. The normalized spacial score (nSPS) is 33.7. The molecule has 8 heteroatoms. The summed E-state index contributed by atoms with van der Waals surface area (Å²) in [4.78, 5) is 37.0. The lowest BCUT2D eigenvalue weighted by atomic mass is 9.89. The highest BCUT2D eigenvalue weighted by atomic mass is 19.1. The minimum Gasteiger partial charge on any atom is -0.464 e. The van der Waals surface area contributed by atoms with Crippen molar-refractivity contribution in [3.05, 3.63) is 0 Å². The van der Waals surface area contributed by atoms with Gasteiger partial charge in [-0.3, -0.25) is 4.79 Å². The van der Waals surface area contributed by atoms with E-state index in [0.29, 0.717) is 0 Å². The number of nitrogens with one attached hydrogen (secondary N) is 2. The molecule has 26 heavy (non-hydrogen) atoms. The van der Waals surface area contributed by atoms with Crippen LogP contribution in [-0.4, -0.2) is 47.9 Å². The van der Waals surface area contributed by atoms with Gasteiger partial charge in [0.15, 0.2) is 0 Å². The lowest BCUT2D eigenvalue weighted by Gasteiger charge is -2.32. The van der Waals surface area contributed by atoms with Crippen LogP contribution in [0.1, 0.15) is 48.0 Å². The van der Waals surface area contributed by atoms with Gasteiger partial charge in [-0.15, -0.1) is 0 Å². The van der Waals surface area contributed by atoms with Gasteiger partial charge in [0.05, 0.1) is 6.61 Å². The third-order valence-electron chi connectivity index (χ3n) is 5.06. The van der Waals surface area contributed by atoms with Crippen LogP contribution in [0.4, 0.5) is 9.18 Å². The summed E-state index contributed by atoms with van der Waals surface area (Å²) in [5, 5.41) is 5.10. The minimum absolute atomic E-state index is 0.00224. The molecule has 0 aromatic heterocycles. The number of esters is 1. The highest BCUT2D eigenvalue weighted by Crippen LogP contribution is 2.63. The average molecular weight is 372 g/mol. The Kier molecular flexibility index (Phi) is 5.54. The Balaban J connectivity index is 2.08. The molecular weight excluding hydrogens is 343 g/mol. The van der Waals surface area contributed by atoms with Crippen LogP contribution in [0, 0.1) is 17.8 Å². The summed E-state index contributed by atoms with van der Waals surface area (Å²) in [6.07, 6.45) is -2.00. The van der Waals surface area contributed by atoms with Gasteiger partial charge in [0, 0.05) is 12.3 Å². The molecule has 0 aromatic carbocycles. The van der Waals surface area contributed by atoms with Crippen molar-refractivity contribution in [2.24, 2.45) is 17.8 Å². The molecule has 6 atom stereocenters. The van der Waals surface area contributed by atoms with Crippen molar-refractivity contribution in [3.63, 3.8) is 0 Å². The van der Waals surface area contributed by atoms with Gasteiger partial charge in [-0.2, -0.15) is 0 Å². The number of ether oxygens (including phenoxy) is 2. The summed E-state index contributed by atoms with van der Waals surface area (Å²) in [7, 11) is 0. The van der Waals surface area contributed by atoms with E-state index in [0.717, 1.165) is 0 Å². The van der Waals surface area contributed by atoms with E-state index in [1.165, 1.54) is 6.92 Å². The summed E-state index contributed by atoms with van der Waals surface area (Å²) in [6.45, 7) is 10.3. The maximum Gasteiger partial charge on any atom is 0.408 e. The molecule has 0 unspecified atom stereocenters. The first-order valence-corrected chi connectivity index (χ1v) is 9.05. The van der Waals surface area contributed by atoms with Crippen LogP contribution in [0.3, 0.4) is 0 Å². The first kappa shape index (κ1) is 20.5. The summed E-state index contributed by atoms with van der Waals surface area (Å²) in [6, 6.07) is -0.942. The molecule has 0 aliphatic heterocycles. The van der Waals surface area contributed by atoms with Gasteiger partial charge in [-0.05, 0) is 46.5 Å². The van der Waals surface area contributed by atoms with Gasteiger partial charge in [-0.1, -0.05) is 6.92 Å². The third kappa shape index (κ3) is 3.94. The number of carbonyl (C=O) groups excluding carboxylic acids is 3. The molecule has 2 amide bonds. The lowest BCUT2D eigenvalue weighted by molar-refractivity contribution is -0.155. The fraction of sp³-hybridized carbons (Fsp3) is 0.833. The highest BCUT2D eigenvalue weighted by Gasteiger charge is 2.72. The molecule has 2 aliphatic carbocycles. The Labute approximate surface area is 153 Å². The molecule has 0 aromatic rings. The Morgan fingerprint density at radius 2 is 1.92 bits per heavy atom. The van der Waals surface area contributed by atoms with Crippen molar-refractivity contribution in [2.45, 2.75) is 71.3 Å². The van der Waals surface area contributed by atoms with E-state index in [4.69, 9.17) is 9.47 Å². The first-order chi connectivity index (χ1) is 11.9. The summed E-state index contributed by atoms with van der Waals surface area (Å²) >= 11 is 0. The number of alkyl halides is 1. The quantitative estimate of drug-likeness (QED) is 0.720. The molecule has 0 heterocycles. The number of rotatable bonds is 5. The van der Waals surface area contributed by atoms with Gasteiger partial charge in [0.1, 0.15) is 23.4 Å². The molecular formula is C18H29FN2O5. The van der Waals surface area contributed by atoms with Crippen LogP contribution >= 0.6 is 0 Å². The maximum absolute atomic E-state index is 14.3. The Morgan fingerprint density at radius 3 is 2.38 bits per heavy atom. The van der Waals surface area contributed by atoms with Gasteiger partial charge in [0.2, 0.25) is 5.91 Å². The van der Waals surface area contributed by atoms with Gasteiger partial charge in [0.25, 0.3) is 0 Å². The second kappa shape index (κ2) is 7.04. The van der Waals surface area contributed by atoms with Crippen molar-refractivity contribution in [2.75, 3.05) is 6.61 Å². The Hall–Kier alpha value is -1.86. The molecule has 0 radical (unpaired) electrons. The van der Waals surface area contributed by atoms with Crippen molar-refractivity contribution in [3.8, 4) is 0 Å². The minimum atomic E-state index is -1.37. The molecule has 0 bridgehead atoms. The van der Waals surface area contributed by atoms with Crippen molar-refractivity contribution in [1.82, 2.24) is 10.6 Å². The zero-order valence-corrected chi connectivity index (χ0v) is 16.2. The zero-order chi connectivity index (χ0) is 19.9. The summed E-state index contributed by atoms with van der Waals surface area (Å²) in [5.74, 6) is -1.71. The molecule has 2 fully saturated rings. The van der Waals surface area contributed by atoms with Crippen LogP contribution < -0.4 is 10.6 Å². The van der Waals surface area contributed by atoms with Gasteiger partial charge < -0.3 is 20.1 Å². The first-order valence-electron chi connectivity index (χ1n) is 9.05. The largest absolute Gasteiger partial charge is 0.464 e. The van der Waals surface area contributed by atoms with E-state index in [1.54, 1.807) is 27.7 Å². The number of carbonyl (C=O) groups is 3. The van der Waals surface area contributed by atoms with E-state index >= 15 is 0 Å². The SMILES string of the molecule is CCOC(=O)[C@]1(NC(=O)[C@H](C)NC(=O)OC(C)(C)C)C[C@@H](F)[C@H]2[C@H](C)[C@H]21. The van der Waals surface area contributed by atoms with E-state index in [9.17, 15) is 18.8 Å². The second-order valence-electron chi connectivity index (χ2n) is 8.23. The molecule has 2 N–H and O–H groups in total. The predicted octanol–water partition coefficient (Wildman–Crippen LogP) is 1.94. The van der Waals surface area contributed by atoms with Gasteiger partial charge in [-0.25, -0.2) is 14.0 Å². The Morgan fingerprint density at radius 1 is 1.31 bits per heavy atom. The molecule has 7 nitrogen and oxygen atoms in total. The number of alkyl carbamates (subject to hydrolysis) is 1. The molecule has 2 rings (SSSR count). The smallest absolute Gasteiger partial charge is 0.408 e. The fourth-order valence-corrected chi connectivity index (χ4v) is 3.95. The lowest BCUT2D eigenvalue weighted by Crippen LogP contribution is -2.60. The van der Waals surface area contributed by atoms with Crippen LogP contribution in [0.15, 0.2) is 0 Å². The van der Waals surface area contributed by atoms with E-state index < -0.39 is 41.3 Å². The van der Waals surface area contributed by atoms with Crippen LogP contribution in [0.25, 0.3) is 0 Å². The van der Waals surface area contributed by atoms with Crippen LogP contribution in [-0.2, 0) is 19.1 Å². The third-order valence-corrected chi connectivity index (χ3v) is 5.06. The van der Waals surface area contributed by atoms with Crippen molar-refractivity contribution >= 4 is 18.0 Å². The maximum atomic E-state index is 14.3. The molecule has 0 saturated heterocycles. The molecule has 2 saturated carbocycles. The molecule has 2 aliphatic rings. The number of amides is 2. The second-order valence-corrected chi connectivity index (χ2v) is 8.23. The van der Waals surface area contributed by atoms with Crippen molar-refractivity contribution in [1.29, 1.82) is 0 Å². The van der Waals surface area contributed by atoms with Crippen LogP contribution in [0.2, 0.25) is 0 Å². The summed E-state index contributed by atoms with van der Waals surface area (Å²) in [5.41, 5.74) is -2.07. The monoisotopic (exact) mass is 372 g/mol. The average Bonchev–Trinajstić information content (AvgIpc) is 3.05. The number of hydrogen-bond donors (Lipinski definition) is 2. The van der Waals surface area contributed by atoms with Crippen molar-refractivity contribution < 1.29 is 28.2 Å². The standard InChI is InChI=1S/C18H29FN2O5/c1-7-25-15(23)18(8-11(19)12-9(2)13(12)18)21-14(22)10(3)20-16(24)26-17(4,5)6/h9-13H,7-8H2,1-6H3,(H,20,24)(H,21,22)/t9-,10-,11+,12+,13+,18-/m0/s1. The van der Waals surface area contributed by atoms with E-state index in [2.05, 4.69) is 10.6 Å². The topological polar surface area (TPSA) is 93.7 Å². The van der Waals surface area contributed by atoms with E-state index in [-0.39, 0.29) is 30.8 Å². The van der Waals surface area contributed by atoms with E-state index in [1.807, 2.05) is 6.92 Å².